The average molecular weight is 548 g/mol. The van der Waals surface area contributed by atoms with Crippen LogP contribution in [0.15, 0.2) is 54.6 Å². The summed E-state index contributed by atoms with van der Waals surface area (Å²) in [5.41, 5.74) is 3.72. The van der Waals surface area contributed by atoms with E-state index in [1.54, 1.807) is 36.1 Å². The van der Waals surface area contributed by atoms with Gasteiger partial charge in [0.05, 0.1) is 51.1 Å². The number of nitrogens with zero attached hydrogens (tertiary/aromatic N) is 1. The summed E-state index contributed by atoms with van der Waals surface area (Å²) in [6.07, 6.45) is 0.188. The number of benzene rings is 3. The number of anilines is 1. The van der Waals surface area contributed by atoms with E-state index in [0.717, 1.165) is 16.7 Å². The normalized spacial score (nSPS) is 14.4. The number of fused-ring (bicyclic) bond motifs is 1. The molecule has 0 saturated heterocycles. The Hall–Kier alpha value is -4.20. The molecule has 1 aliphatic rings. The van der Waals surface area contributed by atoms with Crippen LogP contribution < -0.4 is 23.8 Å². The third kappa shape index (κ3) is 6.01. The molecule has 1 atom stereocenters. The molecule has 0 fully saturated rings. The van der Waals surface area contributed by atoms with Crippen molar-refractivity contribution in [3.63, 3.8) is 0 Å². The summed E-state index contributed by atoms with van der Waals surface area (Å²) in [6, 6.07) is 16.1. The summed E-state index contributed by atoms with van der Waals surface area (Å²) < 4.78 is 28.7. The molecular weight excluding hydrogens is 510 g/mol. The molecule has 3 aromatic carbocycles. The first-order valence-corrected chi connectivity index (χ1v) is 13.9. The fourth-order valence-electron chi connectivity index (χ4n) is 4.93. The summed E-state index contributed by atoms with van der Waals surface area (Å²) in [6.45, 7) is 11.7. The van der Waals surface area contributed by atoms with Gasteiger partial charge in [0, 0.05) is 5.69 Å². The van der Waals surface area contributed by atoms with Crippen molar-refractivity contribution in [1.82, 2.24) is 0 Å². The van der Waals surface area contributed by atoms with Crippen molar-refractivity contribution >= 4 is 17.6 Å². The fourth-order valence-corrected chi connectivity index (χ4v) is 4.93. The minimum atomic E-state index is -0.491. The first-order valence-electron chi connectivity index (χ1n) is 13.9. The SMILES string of the molecule is CCOC(=O)c1ccc(N2C(=O)Cc3cc(OCC)c(OCC)cc3C2c2ccc(OCC)c(OCC)c2)cc1. The lowest BCUT2D eigenvalue weighted by atomic mass is 9.86. The molecule has 8 heteroatoms. The second-order valence-corrected chi connectivity index (χ2v) is 9.05. The second-order valence-electron chi connectivity index (χ2n) is 9.05. The molecule has 3 aromatic rings. The largest absolute Gasteiger partial charge is 0.490 e. The highest BCUT2D eigenvalue weighted by Crippen LogP contribution is 2.45. The molecule has 4 rings (SSSR count). The predicted octanol–water partition coefficient (Wildman–Crippen LogP) is 6.14. The van der Waals surface area contributed by atoms with Gasteiger partial charge < -0.3 is 28.6 Å². The van der Waals surface area contributed by atoms with Crippen LogP contribution in [0.5, 0.6) is 23.0 Å². The van der Waals surface area contributed by atoms with Gasteiger partial charge in [0.2, 0.25) is 5.91 Å². The van der Waals surface area contributed by atoms with Crippen molar-refractivity contribution in [3.8, 4) is 23.0 Å². The number of hydrogen-bond donors (Lipinski definition) is 0. The maximum Gasteiger partial charge on any atom is 0.338 e. The number of ether oxygens (including phenoxy) is 5. The molecule has 1 heterocycles. The van der Waals surface area contributed by atoms with Crippen LogP contribution in [0, 0.1) is 0 Å². The van der Waals surface area contributed by atoms with Gasteiger partial charge in [0.25, 0.3) is 0 Å². The van der Waals surface area contributed by atoms with Crippen LogP contribution in [0.3, 0.4) is 0 Å². The molecule has 0 saturated carbocycles. The van der Waals surface area contributed by atoms with E-state index in [0.29, 0.717) is 60.7 Å². The van der Waals surface area contributed by atoms with Crippen molar-refractivity contribution in [2.24, 2.45) is 0 Å². The van der Waals surface area contributed by atoms with E-state index in [-0.39, 0.29) is 18.9 Å². The van der Waals surface area contributed by atoms with Gasteiger partial charge in [0.1, 0.15) is 0 Å². The summed E-state index contributed by atoms with van der Waals surface area (Å²) >= 11 is 0. The molecule has 0 bridgehead atoms. The quantitative estimate of drug-likeness (QED) is 0.252. The van der Waals surface area contributed by atoms with Gasteiger partial charge in [0.15, 0.2) is 23.0 Å². The predicted molar refractivity (Wildman–Crippen MR) is 153 cm³/mol. The Bertz CT molecular complexity index is 1340. The Morgan fingerprint density at radius 1 is 0.725 bits per heavy atom. The summed E-state index contributed by atoms with van der Waals surface area (Å²) in [4.78, 5) is 27.9. The lowest BCUT2D eigenvalue weighted by Crippen LogP contribution is -2.41. The molecule has 0 aliphatic carbocycles. The van der Waals surface area contributed by atoms with Crippen molar-refractivity contribution in [3.05, 3.63) is 76.9 Å². The molecule has 1 unspecified atom stereocenters. The highest BCUT2D eigenvalue weighted by Gasteiger charge is 2.36. The lowest BCUT2D eigenvalue weighted by Gasteiger charge is -2.38. The van der Waals surface area contributed by atoms with Crippen LogP contribution in [0.1, 0.15) is 67.7 Å². The lowest BCUT2D eigenvalue weighted by molar-refractivity contribution is -0.118. The topological polar surface area (TPSA) is 83.5 Å². The zero-order valence-corrected chi connectivity index (χ0v) is 23.8. The molecule has 0 radical (unpaired) electrons. The summed E-state index contributed by atoms with van der Waals surface area (Å²) in [5, 5.41) is 0. The van der Waals surface area contributed by atoms with Crippen molar-refractivity contribution in [2.75, 3.05) is 37.9 Å². The maximum atomic E-state index is 13.8. The van der Waals surface area contributed by atoms with Crippen LogP contribution >= 0.6 is 0 Å². The Morgan fingerprint density at radius 2 is 1.30 bits per heavy atom. The van der Waals surface area contributed by atoms with Gasteiger partial charge in [-0.05, 0) is 99.8 Å². The third-order valence-corrected chi connectivity index (χ3v) is 6.51. The minimum absolute atomic E-state index is 0.0835. The zero-order valence-electron chi connectivity index (χ0n) is 23.8. The molecule has 0 spiro atoms. The average Bonchev–Trinajstić information content (AvgIpc) is 2.95. The van der Waals surface area contributed by atoms with E-state index in [4.69, 9.17) is 23.7 Å². The third-order valence-electron chi connectivity index (χ3n) is 6.51. The number of hydrogen-bond acceptors (Lipinski definition) is 7. The molecule has 212 valence electrons. The molecule has 8 nitrogen and oxygen atoms in total. The van der Waals surface area contributed by atoms with E-state index < -0.39 is 12.0 Å². The van der Waals surface area contributed by atoms with Crippen LogP contribution in [-0.2, 0) is 16.0 Å². The van der Waals surface area contributed by atoms with Gasteiger partial charge in [-0.15, -0.1) is 0 Å². The van der Waals surface area contributed by atoms with E-state index in [1.807, 2.05) is 58.0 Å². The van der Waals surface area contributed by atoms with Crippen molar-refractivity contribution in [2.45, 2.75) is 47.1 Å². The maximum absolute atomic E-state index is 13.8. The highest BCUT2D eigenvalue weighted by molar-refractivity contribution is 5.99. The van der Waals surface area contributed by atoms with Gasteiger partial charge in [-0.25, -0.2) is 4.79 Å². The van der Waals surface area contributed by atoms with Gasteiger partial charge in [-0.1, -0.05) is 6.07 Å². The molecule has 0 N–H and O–H groups in total. The minimum Gasteiger partial charge on any atom is -0.490 e. The summed E-state index contributed by atoms with van der Waals surface area (Å²) in [5.74, 6) is 2.00. The van der Waals surface area contributed by atoms with E-state index in [9.17, 15) is 9.59 Å². The zero-order chi connectivity index (χ0) is 28.6. The van der Waals surface area contributed by atoms with Crippen LogP contribution in [-0.4, -0.2) is 44.9 Å². The van der Waals surface area contributed by atoms with Crippen LogP contribution in [0.4, 0.5) is 5.69 Å². The molecule has 1 amide bonds. The van der Waals surface area contributed by atoms with Crippen molar-refractivity contribution in [1.29, 1.82) is 0 Å². The molecule has 40 heavy (non-hydrogen) atoms. The fraction of sp³-hybridized carbons (Fsp3) is 0.375. The van der Waals surface area contributed by atoms with E-state index in [1.165, 1.54) is 0 Å². The molecular formula is C32H37NO7. The Labute approximate surface area is 235 Å². The van der Waals surface area contributed by atoms with Crippen LogP contribution in [0.25, 0.3) is 0 Å². The summed E-state index contributed by atoms with van der Waals surface area (Å²) in [7, 11) is 0. The Morgan fingerprint density at radius 3 is 1.90 bits per heavy atom. The first kappa shape index (κ1) is 28.8. The first-order chi connectivity index (χ1) is 19.4. The van der Waals surface area contributed by atoms with Gasteiger partial charge in [-0.3, -0.25) is 4.79 Å². The number of carbonyl (C=O) groups excluding carboxylic acids is 2. The smallest absolute Gasteiger partial charge is 0.338 e. The van der Waals surface area contributed by atoms with Gasteiger partial charge in [-0.2, -0.15) is 0 Å². The van der Waals surface area contributed by atoms with E-state index in [2.05, 4.69) is 0 Å². The monoisotopic (exact) mass is 547 g/mol. The number of esters is 1. The highest BCUT2D eigenvalue weighted by atomic mass is 16.5. The standard InChI is InChI=1S/C32H37NO7/c1-6-36-26-16-13-22(17-27(26)37-7-2)31-25-20-29(39-9-4)28(38-8-3)18-23(25)19-30(34)33(31)24-14-11-21(12-15-24)32(35)40-10-5/h11-18,20,31H,6-10,19H2,1-5H3. The second kappa shape index (κ2) is 13.2. The Kier molecular flexibility index (Phi) is 9.53. The molecule has 0 aromatic heterocycles. The molecule has 1 aliphatic heterocycles. The number of carbonyl (C=O) groups is 2. The Balaban J connectivity index is 1.89. The van der Waals surface area contributed by atoms with Crippen LogP contribution in [0.2, 0.25) is 0 Å². The van der Waals surface area contributed by atoms with E-state index >= 15 is 0 Å². The van der Waals surface area contributed by atoms with Gasteiger partial charge >= 0.3 is 5.97 Å². The van der Waals surface area contributed by atoms with Crippen molar-refractivity contribution < 1.29 is 33.3 Å². The number of rotatable bonds is 12. The number of amides is 1.